The first-order chi connectivity index (χ1) is 18.4. The van der Waals surface area contributed by atoms with Crippen LogP contribution in [0.4, 0.5) is 5.69 Å². The average Bonchev–Trinajstić information content (AvgIpc) is 3.39. The number of para-hydroxylation sites is 1. The molecule has 0 radical (unpaired) electrons. The second kappa shape index (κ2) is 10.7. The highest BCUT2D eigenvalue weighted by Crippen LogP contribution is 2.66. The van der Waals surface area contributed by atoms with Crippen molar-refractivity contribution >= 4 is 35.1 Å². The summed E-state index contributed by atoms with van der Waals surface area (Å²) in [6.07, 6.45) is 3.48. The Bertz CT molecular complexity index is 1170. The SMILES string of the molecule is C=CCOC(=O)[C@H]1[C@H]2C(=O)N([C@@H](CO)C(C)C)C(C(=O)N(CC=C)c3c(C)cccc3Cl)C23CC(C)[C@]1(C)O3. The van der Waals surface area contributed by atoms with Gasteiger partial charge in [-0.25, -0.2) is 0 Å². The zero-order valence-corrected chi connectivity index (χ0v) is 24.1. The van der Waals surface area contributed by atoms with Gasteiger partial charge in [-0.2, -0.15) is 0 Å². The van der Waals surface area contributed by atoms with E-state index in [1.807, 2.05) is 46.8 Å². The van der Waals surface area contributed by atoms with Crippen LogP contribution >= 0.6 is 11.6 Å². The summed E-state index contributed by atoms with van der Waals surface area (Å²) in [7, 11) is 0. The quantitative estimate of drug-likeness (QED) is 0.345. The van der Waals surface area contributed by atoms with Crippen LogP contribution in [0.25, 0.3) is 0 Å². The summed E-state index contributed by atoms with van der Waals surface area (Å²) in [6, 6.07) is 3.62. The lowest BCUT2D eigenvalue weighted by Crippen LogP contribution is -2.60. The first kappa shape index (κ1) is 29.3. The Morgan fingerprint density at radius 3 is 2.59 bits per heavy atom. The molecule has 3 aliphatic rings. The second-order valence-electron chi connectivity index (χ2n) is 11.5. The van der Waals surface area contributed by atoms with Gasteiger partial charge in [-0.3, -0.25) is 14.4 Å². The molecular weight excluding hydrogens is 520 g/mol. The standard InChI is InChI=1S/C30H39ClN2O6/c1-8-13-32(24-18(5)11-10-12-20(24)31)27(36)25-30-15-19(6)29(7,39-30)23(28(37)38-14-9-2)22(30)26(35)33(25)21(16-34)17(3)4/h8-12,17,19,21-23,25,34H,1-2,13-16H2,3-7H3/t19?,21-,22-,23+,25?,29-,30?/m0/s1. The molecule has 8 nitrogen and oxygen atoms in total. The number of hydrogen-bond donors (Lipinski definition) is 1. The minimum atomic E-state index is -1.28. The fourth-order valence-corrected chi connectivity index (χ4v) is 7.38. The number of anilines is 1. The largest absolute Gasteiger partial charge is 0.461 e. The molecule has 0 saturated carbocycles. The van der Waals surface area contributed by atoms with Crippen molar-refractivity contribution in [3.8, 4) is 0 Å². The number of aliphatic hydroxyl groups excluding tert-OH is 1. The van der Waals surface area contributed by atoms with E-state index >= 15 is 0 Å². The van der Waals surface area contributed by atoms with E-state index in [0.717, 1.165) is 5.56 Å². The third-order valence-corrected chi connectivity index (χ3v) is 9.24. The minimum Gasteiger partial charge on any atom is -0.461 e. The van der Waals surface area contributed by atoms with Crippen LogP contribution in [0.5, 0.6) is 0 Å². The lowest BCUT2D eigenvalue weighted by Gasteiger charge is -2.41. The number of rotatable bonds is 10. The maximum atomic E-state index is 14.8. The highest BCUT2D eigenvalue weighted by molar-refractivity contribution is 6.34. The van der Waals surface area contributed by atoms with E-state index in [1.165, 1.54) is 15.9 Å². The topological polar surface area (TPSA) is 96.4 Å². The van der Waals surface area contributed by atoms with Crippen LogP contribution in [0.1, 0.15) is 39.7 Å². The molecule has 1 N–H and O–H groups in total. The highest BCUT2D eigenvalue weighted by atomic mass is 35.5. The zero-order valence-electron chi connectivity index (χ0n) is 23.4. The smallest absolute Gasteiger partial charge is 0.313 e. The molecular formula is C30H39ClN2O6. The van der Waals surface area contributed by atoms with Gasteiger partial charge >= 0.3 is 5.97 Å². The molecule has 3 fully saturated rings. The van der Waals surface area contributed by atoms with Gasteiger partial charge in [-0.1, -0.05) is 63.2 Å². The molecule has 212 valence electrons. The summed E-state index contributed by atoms with van der Waals surface area (Å²) in [4.78, 5) is 45.6. The van der Waals surface area contributed by atoms with Crippen molar-refractivity contribution in [2.75, 3.05) is 24.7 Å². The molecule has 7 atom stereocenters. The van der Waals surface area contributed by atoms with Crippen LogP contribution in [0.2, 0.25) is 5.02 Å². The van der Waals surface area contributed by atoms with Crippen LogP contribution in [0, 0.1) is 30.6 Å². The number of hydrogen-bond acceptors (Lipinski definition) is 6. The predicted octanol–water partition coefficient (Wildman–Crippen LogP) is 3.92. The lowest BCUT2D eigenvalue weighted by atomic mass is 9.62. The monoisotopic (exact) mass is 558 g/mol. The Labute approximate surface area is 235 Å². The summed E-state index contributed by atoms with van der Waals surface area (Å²) < 4.78 is 12.2. The Morgan fingerprint density at radius 1 is 1.33 bits per heavy atom. The van der Waals surface area contributed by atoms with E-state index in [0.29, 0.717) is 17.1 Å². The van der Waals surface area contributed by atoms with E-state index < -0.39 is 47.0 Å². The number of carbonyl (C=O) groups excluding carboxylic acids is 3. The van der Waals surface area contributed by atoms with E-state index in [9.17, 15) is 19.5 Å². The van der Waals surface area contributed by atoms with E-state index in [2.05, 4.69) is 13.2 Å². The number of amides is 2. The molecule has 39 heavy (non-hydrogen) atoms. The number of benzene rings is 1. The number of fused-ring (bicyclic) bond motifs is 1. The van der Waals surface area contributed by atoms with Gasteiger partial charge in [0.25, 0.3) is 5.91 Å². The van der Waals surface area contributed by atoms with Gasteiger partial charge in [0.15, 0.2) is 0 Å². The van der Waals surface area contributed by atoms with Crippen molar-refractivity contribution in [3.63, 3.8) is 0 Å². The normalized spacial score (nSPS) is 31.8. The highest BCUT2D eigenvalue weighted by Gasteiger charge is 2.81. The molecule has 3 unspecified atom stereocenters. The number of nitrogens with zero attached hydrogens (tertiary/aromatic N) is 2. The summed E-state index contributed by atoms with van der Waals surface area (Å²) in [5.41, 5.74) is -0.973. The maximum Gasteiger partial charge on any atom is 0.313 e. The first-order valence-corrected chi connectivity index (χ1v) is 13.9. The average molecular weight is 559 g/mol. The van der Waals surface area contributed by atoms with Crippen molar-refractivity contribution in [1.82, 2.24) is 4.90 Å². The van der Waals surface area contributed by atoms with Crippen LogP contribution < -0.4 is 4.90 Å². The molecule has 9 heteroatoms. The molecule has 1 spiro atoms. The van der Waals surface area contributed by atoms with Gasteiger partial charge in [-0.05, 0) is 43.7 Å². The second-order valence-corrected chi connectivity index (χ2v) is 11.9. The Kier molecular flexibility index (Phi) is 8.05. The lowest BCUT2D eigenvalue weighted by molar-refractivity contribution is -0.162. The number of halogens is 1. The van der Waals surface area contributed by atoms with E-state index in [1.54, 1.807) is 12.1 Å². The number of aryl methyl sites for hydroxylation is 1. The molecule has 2 bridgehead atoms. The molecule has 1 aromatic rings. The van der Waals surface area contributed by atoms with Crippen LogP contribution in [-0.4, -0.2) is 70.8 Å². The number of esters is 1. The molecule has 2 amide bonds. The zero-order chi connectivity index (χ0) is 28.9. The third kappa shape index (κ3) is 4.32. The van der Waals surface area contributed by atoms with Gasteiger partial charge in [-0.15, -0.1) is 6.58 Å². The Morgan fingerprint density at radius 2 is 2.03 bits per heavy atom. The molecule has 0 aliphatic carbocycles. The molecule has 1 aromatic carbocycles. The summed E-state index contributed by atoms with van der Waals surface area (Å²) >= 11 is 6.61. The first-order valence-electron chi connectivity index (χ1n) is 13.5. The van der Waals surface area contributed by atoms with Crippen LogP contribution in [0.15, 0.2) is 43.5 Å². The number of likely N-dealkylation sites (tertiary alicyclic amines) is 1. The number of carbonyl (C=O) groups is 3. The van der Waals surface area contributed by atoms with Gasteiger partial charge in [0.05, 0.1) is 34.9 Å². The van der Waals surface area contributed by atoms with E-state index in [4.69, 9.17) is 21.1 Å². The van der Waals surface area contributed by atoms with Crippen LogP contribution in [0.3, 0.4) is 0 Å². The van der Waals surface area contributed by atoms with Crippen LogP contribution in [-0.2, 0) is 23.9 Å². The molecule has 4 rings (SSSR count). The summed E-state index contributed by atoms with van der Waals surface area (Å²) in [5.74, 6) is -3.47. The van der Waals surface area contributed by atoms with Gasteiger partial charge in [0.1, 0.15) is 24.2 Å². The Hall–Kier alpha value is -2.68. The van der Waals surface area contributed by atoms with Crippen molar-refractivity contribution in [2.24, 2.45) is 23.7 Å². The number of aliphatic hydroxyl groups is 1. The van der Waals surface area contributed by atoms with E-state index in [-0.39, 0.29) is 37.5 Å². The maximum absolute atomic E-state index is 14.8. The molecule has 3 heterocycles. The fourth-order valence-electron chi connectivity index (χ4n) is 7.06. The predicted molar refractivity (Wildman–Crippen MR) is 149 cm³/mol. The molecule has 3 saturated heterocycles. The third-order valence-electron chi connectivity index (χ3n) is 8.93. The summed E-state index contributed by atoms with van der Waals surface area (Å²) in [6.45, 7) is 16.7. The number of ether oxygens (including phenoxy) is 2. The minimum absolute atomic E-state index is 0.00390. The summed E-state index contributed by atoms with van der Waals surface area (Å²) in [5, 5.41) is 10.8. The molecule has 0 aromatic heterocycles. The van der Waals surface area contributed by atoms with Gasteiger partial charge in [0, 0.05) is 6.54 Å². The molecule has 3 aliphatic heterocycles. The van der Waals surface area contributed by atoms with Gasteiger partial charge in [0.2, 0.25) is 5.91 Å². The van der Waals surface area contributed by atoms with Crippen molar-refractivity contribution in [1.29, 1.82) is 0 Å². The fraction of sp³-hybridized carbons (Fsp3) is 0.567. The van der Waals surface area contributed by atoms with Crippen molar-refractivity contribution < 1.29 is 29.0 Å². The Balaban J connectivity index is 1.92. The van der Waals surface area contributed by atoms with Crippen molar-refractivity contribution in [2.45, 2.75) is 64.3 Å². The van der Waals surface area contributed by atoms with Gasteiger partial charge < -0.3 is 24.4 Å². The van der Waals surface area contributed by atoms with Crippen molar-refractivity contribution in [3.05, 3.63) is 54.1 Å².